The number of carbonyl (C=O) groups is 2. The third-order valence-corrected chi connectivity index (χ3v) is 5.84. The summed E-state index contributed by atoms with van der Waals surface area (Å²) in [6.45, 7) is -0.175. The summed E-state index contributed by atoms with van der Waals surface area (Å²) >= 11 is 5.93. The molecule has 0 fully saturated rings. The molecule has 7 nitrogen and oxygen atoms in total. The number of benzene rings is 2. The number of anilines is 1. The molecule has 2 rings (SSSR count). The molecule has 0 unspecified atom stereocenters. The van der Waals surface area contributed by atoms with Crippen molar-refractivity contribution < 1.29 is 18.0 Å². The Labute approximate surface area is 163 Å². The second kappa shape index (κ2) is 8.41. The Hall–Kier alpha value is -2.58. The second-order valence-electron chi connectivity index (χ2n) is 5.95. The van der Waals surface area contributed by atoms with Crippen molar-refractivity contribution in [1.82, 2.24) is 10.2 Å². The van der Waals surface area contributed by atoms with Crippen molar-refractivity contribution in [2.75, 3.05) is 32.0 Å². The summed E-state index contributed by atoms with van der Waals surface area (Å²) in [6.07, 6.45) is 0. The van der Waals surface area contributed by atoms with Gasteiger partial charge < -0.3 is 10.2 Å². The molecule has 0 saturated carbocycles. The lowest BCUT2D eigenvalue weighted by Gasteiger charge is -2.20. The molecule has 27 heavy (non-hydrogen) atoms. The van der Waals surface area contributed by atoms with Gasteiger partial charge in [-0.15, -0.1) is 0 Å². The van der Waals surface area contributed by atoms with Gasteiger partial charge in [-0.25, -0.2) is 8.42 Å². The predicted octanol–water partition coefficient (Wildman–Crippen LogP) is 1.98. The third-order valence-electron chi connectivity index (χ3n) is 3.83. The van der Waals surface area contributed by atoms with Crippen LogP contribution < -0.4 is 9.62 Å². The van der Waals surface area contributed by atoms with Gasteiger partial charge in [0.15, 0.2) is 0 Å². The van der Waals surface area contributed by atoms with Crippen LogP contribution in [0, 0.1) is 0 Å². The van der Waals surface area contributed by atoms with Gasteiger partial charge >= 0.3 is 0 Å². The third kappa shape index (κ3) is 4.99. The van der Waals surface area contributed by atoms with Gasteiger partial charge in [0.1, 0.15) is 0 Å². The van der Waals surface area contributed by atoms with Crippen molar-refractivity contribution in [3.8, 4) is 0 Å². The number of nitrogens with one attached hydrogen (secondary N) is 1. The van der Waals surface area contributed by atoms with E-state index in [1.165, 1.54) is 42.3 Å². The van der Waals surface area contributed by atoms with Crippen LogP contribution in [0.2, 0.25) is 5.02 Å². The molecule has 144 valence electrons. The lowest BCUT2D eigenvalue weighted by atomic mass is 10.2. The van der Waals surface area contributed by atoms with E-state index in [1.807, 2.05) is 0 Å². The summed E-state index contributed by atoms with van der Waals surface area (Å²) in [5, 5.41) is 2.88. The smallest absolute Gasteiger partial charge is 0.264 e. The van der Waals surface area contributed by atoms with Crippen molar-refractivity contribution in [2.45, 2.75) is 4.90 Å². The first-order valence-corrected chi connectivity index (χ1v) is 9.77. The van der Waals surface area contributed by atoms with E-state index in [1.54, 1.807) is 32.3 Å². The van der Waals surface area contributed by atoms with Gasteiger partial charge in [-0.1, -0.05) is 23.7 Å². The largest absolute Gasteiger partial charge is 0.347 e. The van der Waals surface area contributed by atoms with Crippen molar-refractivity contribution >= 4 is 39.1 Å². The molecule has 0 aliphatic heterocycles. The Kier molecular flexibility index (Phi) is 6.45. The number of sulfonamides is 1. The Morgan fingerprint density at radius 3 is 2.33 bits per heavy atom. The first-order chi connectivity index (χ1) is 12.6. The molecule has 9 heteroatoms. The number of nitrogens with zero attached hydrogens (tertiary/aromatic N) is 2. The van der Waals surface area contributed by atoms with E-state index in [0.29, 0.717) is 10.7 Å². The molecular weight excluding hydrogens is 390 g/mol. The molecule has 0 aliphatic rings. The van der Waals surface area contributed by atoms with Crippen LogP contribution in [0.3, 0.4) is 0 Å². The van der Waals surface area contributed by atoms with Crippen LogP contribution >= 0.6 is 11.6 Å². The van der Waals surface area contributed by atoms with Crippen LogP contribution in [-0.4, -0.2) is 52.8 Å². The minimum Gasteiger partial charge on any atom is -0.347 e. The Balaban J connectivity index is 2.25. The highest BCUT2D eigenvalue weighted by atomic mass is 35.5. The number of amides is 2. The summed E-state index contributed by atoms with van der Waals surface area (Å²) in [5.41, 5.74) is 0.538. The van der Waals surface area contributed by atoms with Gasteiger partial charge in [0.2, 0.25) is 5.91 Å². The van der Waals surface area contributed by atoms with Crippen LogP contribution in [0.15, 0.2) is 53.4 Å². The number of hydrogen-bond donors (Lipinski definition) is 1. The molecule has 0 heterocycles. The van der Waals surface area contributed by atoms with Gasteiger partial charge in [-0.3, -0.25) is 13.9 Å². The van der Waals surface area contributed by atoms with Crippen LogP contribution in [0.25, 0.3) is 0 Å². The van der Waals surface area contributed by atoms with Crippen molar-refractivity contribution in [1.29, 1.82) is 0 Å². The van der Waals surface area contributed by atoms with E-state index in [9.17, 15) is 18.0 Å². The Morgan fingerprint density at radius 1 is 1.04 bits per heavy atom. The monoisotopic (exact) mass is 409 g/mol. The highest BCUT2D eigenvalue weighted by Gasteiger charge is 2.22. The van der Waals surface area contributed by atoms with Crippen LogP contribution in [-0.2, 0) is 14.8 Å². The maximum Gasteiger partial charge on any atom is 0.264 e. The van der Waals surface area contributed by atoms with Gasteiger partial charge in [-0.05, 0) is 36.4 Å². The first kappa shape index (κ1) is 20.7. The van der Waals surface area contributed by atoms with Crippen LogP contribution in [0.1, 0.15) is 10.4 Å². The highest BCUT2D eigenvalue weighted by Crippen LogP contribution is 2.25. The molecule has 0 aliphatic carbocycles. The maximum atomic E-state index is 12.9. The molecule has 2 aromatic carbocycles. The fourth-order valence-electron chi connectivity index (χ4n) is 2.18. The van der Waals surface area contributed by atoms with E-state index in [-0.39, 0.29) is 22.9 Å². The van der Waals surface area contributed by atoms with E-state index in [4.69, 9.17) is 11.6 Å². The standard InChI is InChI=1S/C18H20ClN3O4S/c1-21(2)17(23)12-20-18(24)13-6-4-9-16(10-13)27(25,26)22(3)15-8-5-7-14(19)11-15/h4-11H,12H2,1-3H3,(H,20,24). The molecule has 0 radical (unpaired) electrons. The molecule has 1 N–H and O–H groups in total. The second-order valence-corrected chi connectivity index (χ2v) is 8.36. The number of carbonyl (C=O) groups excluding carboxylic acids is 2. The highest BCUT2D eigenvalue weighted by molar-refractivity contribution is 7.92. The van der Waals surface area contributed by atoms with E-state index in [2.05, 4.69) is 5.32 Å². The average Bonchev–Trinajstić information content (AvgIpc) is 2.65. The lowest BCUT2D eigenvalue weighted by Crippen LogP contribution is -2.36. The zero-order valence-corrected chi connectivity index (χ0v) is 16.7. The fourth-order valence-corrected chi connectivity index (χ4v) is 3.60. The molecule has 2 aromatic rings. The SMILES string of the molecule is CN(C)C(=O)CNC(=O)c1cccc(S(=O)(=O)N(C)c2cccc(Cl)c2)c1. The zero-order valence-electron chi connectivity index (χ0n) is 15.1. The van der Waals surface area contributed by atoms with Crippen molar-refractivity contribution in [2.24, 2.45) is 0 Å². The maximum absolute atomic E-state index is 12.9. The lowest BCUT2D eigenvalue weighted by molar-refractivity contribution is -0.127. The van der Waals surface area contributed by atoms with E-state index in [0.717, 1.165) is 4.31 Å². The molecule has 0 aromatic heterocycles. The van der Waals surface area contributed by atoms with E-state index < -0.39 is 15.9 Å². The van der Waals surface area contributed by atoms with Gasteiger partial charge in [0.25, 0.3) is 15.9 Å². The number of hydrogen-bond acceptors (Lipinski definition) is 4. The molecule has 0 atom stereocenters. The topological polar surface area (TPSA) is 86.8 Å². The minimum absolute atomic E-state index is 0.0449. The Morgan fingerprint density at radius 2 is 1.70 bits per heavy atom. The van der Waals surface area contributed by atoms with Gasteiger partial charge in [0.05, 0.1) is 17.1 Å². The fraction of sp³-hybridized carbons (Fsp3) is 0.222. The van der Waals surface area contributed by atoms with Crippen LogP contribution in [0.4, 0.5) is 5.69 Å². The molecule has 0 spiro atoms. The van der Waals surface area contributed by atoms with Gasteiger partial charge in [0, 0.05) is 31.7 Å². The van der Waals surface area contributed by atoms with Crippen LogP contribution in [0.5, 0.6) is 0 Å². The number of halogens is 1. The summed E-state index contributed by atoms with van der Waals surface area (Å²) < 4.78 is 26.8. The predicted molar refractivity (Wildman–Crippen MR) is 105 cm³/mol. The molecule has 0 saturated heterocycles. The molecule has 0 bridgehead atoms. The number of likely N-dealkylation sites (N-methyl/N-ethyl adjacent to an activating group) is 1. The summed E-state index contributed by atoms with van der Waals surface area (Å²) in [5.74, 6) is -0.805. The average molecular weight is 410 g/mol. The summed E-state index contributed by atoms with van der Waals surface area (Å²) in [4.78, 5) is 25.1. The molecular formula is C18H20ClN3O4S. The van der Waals surface area contributed by atoms with Crippen molar-refractivity contribution in [3.63, 3.8) is 0 Å². The van der Waals surface area contributed by atoms with E-state index >= 15 is 0 Å². The van der Waals surface area contributed by atoms with Gasteiger partial charge in [-0.2, -0.15) is 0 Å². The Bertz CT molecular complexity index is 961. The summed E-state index contributed by atoms with van der Waals surface area (Å²) in [7, 11) is 0.670. The summed E-state index contributed by atoms with van der Waals surface area (Å²) in [6, 6.07) is 12.1. The minimum atomic E-state index is -3.89. The zero-order chi connectivity index (χ0) is 20.2. The normalized spacial score (nSPS) is 11.0. The first-order valence-electron chi connectivity index (χ1n) is 7.96. The van der Waals surface area contributed by atoms with Crippen molar-refractivity contribution in [3.05, 3.63) is 59.1 Å². The quantitative estimate of drug-likeness (QED) is 0.790. The molecule has 2 amide bonds. The number of rotatable bonds is 6.